The lowest BCUT2D eigenvalue weighted by Gasteiger charge is -2.21. The summed E-state index contributed by atoms with van der Waals surface area (Å²) >= 11 is 0. The second-order valence-electron chi connectivity index (χ2n) is 7.40. The van der Waals surface area contributed by atoms with Crippen molar-refractivity contribution in [2.45, 2.75) is 42.9 Å². The van der Waals surface area contributed by atoms with Crippen molar-refractivity contribution < 1.29 is 21.6 Å². The molecule has 0 bridgehead atoms. The van der Waals surface area contributed by atoms with E-state index in [9.17, 15) is 21.6 Å². The molecule has 0 atom stereocenters. The van der Waals surface area contributed by atoms with Crippen LogP contribution in [0.4, 0.5) is 0 Å². The largest absolute Gasteiger partial charge is 0.268 e. The highest BCUT2D eigenvalue weighted by Crippen LogP contribution is 2.26. The fraction of sp³-hybridized carbons (Fsp3) is 0.316. The Balaban J connectivity index is 2.41. The van der Waals surface area contributed by atoms with Gasteiger partial charge in [-0.05, 0) is 54.8 Å². The Labute approximate surface area is 166 Å². The molecule has 0 saturated heterocycles. The molecule has 2 aromatic carbocycles. The van der Waals surface area contributed by atoms with Crippen LogP contribution in [0.3, 0.4) is 0 Å². The van der Waals surface area contributed by atoms with E-state index in [0.29, 0.717) is 5.56 Å². The van der Waals surface area contributed by atoms with Crippen molar-refractivity contribution in [3.8, 4) is 0 Å². The van der Waals surface area contributed by atoms with Gasteiger partial charge in [0, 0.05) is 5.56 Å². The van der Waals surface area contributed by atoms with Gasteiger partial charge in [0.15, 0.2) is 0 Å². The van der Waals surface area contributed by atoms with Crippen LogP contribution in [-0.2, 0) is 25.5 Å². The molecule has 0 radical (unpaired) electrons. The number of carbonyl (C=O) groups excluding carboxylic acids is 1. The predicted octanol–water partition coefficient (Wildman–Crippen LogP) is 2.32. The monoisotopic (exact) mass is 424 g/mol. The molecule has 1 amide bonds. The number of carbonyl (C=O) groups is 1. The minimum Gasteiger partial charge on any atom is -0.268 e. The van der Waals surface area contributed by atoms with Crippen molar-refractivity contribution >= 4 is 26.0 Å². The van der Waals surface area contributed by atoms with E-state index in [2.05, 4.69) is 4.72 Å². The Morgan fingerprint density at radius 2 is 1.57 bits per heavy atom. The van der Waals surface area contributed by atoms with Gasteiger partial charge >= 0.3 is 0 Å². The number of amides is 1. The molecule has 0 aromatic heterocycles. The molecular formula is C19H24N2O5S2. The SMILES string of the molecule is CNS(=O)(=O)c1cccc(C(=O)NS(=O)(=O)c2cc(C(C)(C)C)ccc2C)c1. The third kappa shape index (κ3) is 4.78. The lowest BCUT2D eigenvalue weighted by molar-refractivity contribution is 0.0981. The van der Waals surface area contributed by atoms with Gasteiger partial charge in [-0.2, -0.15) is 0 Å². The smallest absolute Gasteiger partial charge is 0.265 e. The summed E-state index contributed by atoms with van der Waals surface area (Å²) in [6, 6.07) is 10.2. The van der Waals surface area contributed by atoms with E-state index >= 15 is 0 Å². The Hall–Kier alpha value is -2.23. The fourth-order valence-corrected chi connectivity index (χ4v) is 4.54. The average Bonchev–Trinajstić information content (AvgIpc) is 2.60. The predicted molar refractivity (Wildman–Crippen MR) is 107 cm³/mol. The standard InChI is InChI=1S/C19H24N2O5S2/c1-13-9-10-15(19(2,3)4)12-17(13)28(25,26)21-18(22)14-7-6-8-16(11-14)27(23,24)20-5/h6-12,20H,1-5H3,(H,21,22). The van der Waals surface area contributed by atoms with E-state index in [0.717, 1.165) is 11.6 Å². The van der Waals surface area contributed by atoms with E-state index in [1.54, 1.807) is 19.1 Å². The molecule has 2 rings (SSSR count). The van der Waals surface area contributed by atoms with Crippen molar-refractivity contribution in [1.82, 2.24) is 9.44 Å². The number of nitrogens with one attached hydrogen (secondary N) is 2. The summed E-state index contributed by atoms with van der Waals surface area (Å²) in [5.74, 6) is -0.909. The van der Waals surface area contributed by atoms with Crippen LogP contribution in [0, 0.1) is 6.92 Å². The van der Waals surface area contributed by atoms with Crippen molar-refractivity contribution in [3.05, 3.63) is 59.2 Å². The highest BCUT2D eigenvalue weighted by atomic mass is 32.2. The second kappa shape index (κ2) is 7.65. The molecule has 0 unspecified atom stereocenters. The number of hydrogen-bond donors (Lipinski definition) is 2. The molecule has 2 N–H and O–H groups in total. The molecule has 152 valence electrons. The minimum atomic E-state index is -4.14. The van der Waals surface area contributed by atoms with Crippen LogP contribution in [0.15, 0.2) is 52.3 Å². The molecule has 0 spiro atoms. The number of hydrogen-bond acceptors (Lipinski definition) is 5. The van der Waals surface area contributed by atoms with Crippen LogP contribution in [-0.4, -0.2) is 29.8 Å². The number of aryl methyl sites for hydroxylation is 1. The van der Waals surface area contributed by atoms with Crippen molar-refractivity contribution in [2.24, 2.45) is 0 Å². The molecule has 0 aliphatic rings. The average molecular weight is 425 g/mol. The zero-order chi connectivity index (χ0) is 21.3. The molecule has 2 aromatic rings. The number of benzene rings is 2. The number of rotatable bonds is 5. The molecule has 9 heteroatoms. The third-order valence-corrected chi connectivity index (χ3v) is 7.13. The van der Waals surface area contributed by atoms with Gasteiger partial charge in [0.25, 0.3) is 15.9 Å². The maximum Gasteiger partial charge on any atom is 0.265 e. The molecule has 7 nitrogen and oxygen atoms in total. The van der Waals surface area contributed by atoms with Crippen LogP contribution in [0.5, 0.6) is 0 Å². The van der Waals surface area contributed by atoms with Crippen molar-refractivity contribution in [1.29, 1.82) is 0 Å². The van der Waals surface area contributed by atoms with E-state index in [1.807, 2.05) is 31.6 Å². The van der Waals surface area contributed by atoms with Gasteiger partial charge in [-0.25, -0.2) is 26.3 Å². The van der Waals surface area contributed by atoms with Gasteiger partial charge in [0.1, 0.15) is 0 Å². The zero-order valence-electron chi connectivity index (χ0n) is 16.4. The van der Waals surface area contributed by atoms with Crippen molar-refractivity contribution in [3.63, 3.8) is 0 Å². The van der Waals surface area contributed by atoms with E-state index < -0.39 is 26.0 Å². The maximum absolute atomic E-state index is 12.8. The number of sulfonamides is 2. The van der Waals surface area contributed by atoms with Crippen LogP contribution in [0.25, 0.3) is 0 Å². The van der Waals surface area contributed by atoms with Gasteiger partial charge in [0.2, 0.25) is 10.0 Å². The molecule has 0 fully saturated rings. The van der Waals surface area contributed by atoms with E-state index in [4.69, 9.17) is 0 Å². The van der Waals surface area contributed by atoms with Crippen LogP contribution in [0.2, 0.25) is 0 Å². The van der Waals surface area contributed by atoms with Crippen LogP contribution in [0.1, 0.15) is 42.3 Å². The Bertz CT molecular complexity index is 1120. The maximum atomic E-state index is 12.8. The first-order valence-electron chi connectivity index (χ1n) is 8.50. The van der Waals surface area contributed by atoms with Gasteiger partial charge < -0.3 is 0 Å². The summed E-state index contributed by atoms with van der Waals surface area (Å²) in [7, 11) is -6.65. The van der Waals surface area contributed by atoms with E-state index in [-0.39, 0.29) is 20.8 Å². The summed E-state index contributed by atoms with van der Waals surface area (Å²) < 4.78 is 53.5. The summed E-state index contributed by atoms with van der Waals surface area (Å²) in [6.45, 7) is 7.52. The molecule has 0 heterocycles. The minimum absolute atomic E-state index is 0.00674. The molecule has 0 saturated carbocycles. The zero-order valence-corrected chi connectivity index (χ0v) is 18.0. The summed E-state index contributed by atoms with van der Waals surface area (Å²) in [4.78, 5) is 12.4. The van der Waals surface area contributed by atoms with Gasteiger partial charge in [0.05, 0.1) is 9.79 Å². The van der Waals surface area contributed by atoms with E-state index in [1.165, 1.54) is 25.2 Å². The van der Waals surface area contributed by atoms with Crippen LogP contribution >= 0.6 is 0 Å². The molecule has 0 aliphatic carbocycles. The van der Waals surface area contributed by atoms with Crippen molar-refractivity contribution in [2.75, 3.05) is 7.05 Å². The quantitative estimate of drug-likeness (QED) is 0.766. The summed E-state index contributed by atoms with van der Waals surface area (Å²) in [5, 5.41) is 0. The first-order chi connectivity index (χ1) is 12.8. The third-order valence-electron chi connectivity index (χ3n) is 4.25. The Morgan fingerprint density at radius 3 is 2.14 bits per heavy atom. The summed E-state index contributed by atoms with van der Waals surface area (Å²) in [5.41, 5.74) is 0.968. The normalized spacial score (nSPS) is 12.6. The van der Waals surface area contributed by atoms with Gasteiger partial charge in [-0.1, -0.05) is 39.0 Å². The molecule has 28 heavy (non-hydrogen) atoms. The van der Waals surface area contributed by atoms with Gasteiger partial charge in [-0.15, -0.1) is 0 Å². The first-order valence-corrected chi connectivity index (χ1v) is 11.5. The lowest BCUT2D eigenvalue weighted by atomic mass is 9.87. The second-order valence-corrected chi connectivity index (χ2v) is 10.9. The lowest BCUT2D eigenvalue weighted by Crippen LogP contribution is -2.31. The molecular weight excluding hydrogens is 400 g/mol. The Kier molecular flexibility index (Phi) is 6.03. The first kappa shape index (κ1) is 22.1. The highest BCUT2D eigenvalue weighted by Gasteiger charge is 2.24. The Morgan fingerprint density at radius 1 is 0.929 bits per heavy atom. The highest BCUT2D eigenvalue weighted by molar-refractivity contribution is 7.90. The van der Waals surface area contributed by atoms with Gasteiger partial charge in [-0.3, -0.25) is 4.79 Å². The molecule has 0 aliphatic heterocycles. The summed E-state index contributed by atoms with van der Waals surface area (Å²) in [6.07, 6.45) is 0. The topological polar surface area (TPSA) is 109 Å². The van der Waals surface area contributed by atoms with Crippen LogP contribution < -0.4 is 9.44 Å². The fourth-order valence-electron chi connectivity index (χ4n) is 2.51.